The molecule has 2 aromatic rings. The van der Waals surface area contributed by atoms with Crippen molar-refractivity contribution in [3.05, 3.63) is 55.1 Å². The molecule has 0 saturated carbocycles. The molecule has 0 aliphatic heterocycles. The van der Waals surface area contributed by atoms with Gasteiger partial charge < -0.3 is 4.57 Å². The minimum absolute atomic E-state index is 0.833. The first-order valence-electron chi connectivity index (χ1n) is 7.55. The summed E-state index contributed by atoms with van der Waals surface area (Å²) >= 11 is 0. The SMILES string of the molecule is CC.CC.CC(C)C.Cn1ccnc1.c1ccccc1. The fourth-order valence-electron chi connectivity index (χ4n) is 0.711. The van der Waals surface area contributed by atoms with E-state index in [0.717, 1.165) is 5.92 Å². The molecule has 20 heavy (non-hydrogen) atoms. The van der Waals surface area contributed by atoms with Crippen LogP contribution < -0.4 is 0 Å². The highest BCUT2D eigenvalue weighted by Gasteiger charge is 1.69. The Bertz CT molecular complexity index is 283. The van der Waals surface area contributed by atoms with Crippen LogP contribution in [-0.2, 0) is 7.05 Å². The molecule has 0 unspecified atom stereocenters. The number of nitrogens with zero attached hydrogens (tertiary/aromatic N) is 2. The zero-order valence-electron chi connectivity index (χ0n) is 14.7. The van der Waals surface area contributed by atoms with E-state index in [4.69, 9.17) is 0 Å². The summed E-state index contributed by atoms with van der Waals surface area (Å²) in [6.45, 7) is 14.5. The molecule has 0 bridgehead atoms. The summed E-state index contributed by atoms with van der Waals surface area (Å²) in [4.78, 5) is 3.78. The van der Waals surface area contributed by atoms with Crippen molar-refractivity contribution in [1.29, 1.82) is 0 Å². The minimum Gasteiger partial charge on any atom is -0.341 e. The lowest BCUT2D eigenvalue weighted by atomic mass is 10.3. The van der Waals surface area contributed by atoms with Gasteiger partial charge in [-0.05, 0) is 5.92 Å². The third-order valence-corrected chi connectivity index (χ3v) is 1.30. The fraction of sp³-hybridized carbons (Fsp3) is 0.500. The maximum Gasteiger partial charge on any atom is 0.0943 e. The van der Waals surface area contributed by atoms with Gasteiger partial charge in [0.15, 0.2) is 0 Å². The van der Waals surface area contributed by atoms with Gasteiger partial charge in [0, 0.05) is 19.4 Å². The van der Waals surface area contributed by atoms with Crippen molar-refractivity contribution in [1.82, 2.24) is 9.55 Å². The average molecular weight is 278 g/mol. The number of hydrogen-bond donors (Lipinski definition) is 0. The molecule has 0 saturated heterocycles. The first kappa shape index (κ1) is 23.5. The van der Waals surface area contributed by atoms with Crippen molar-refractivity contribution in [3.8, 4) is 0 Å². The van der Waals surface area contributed by atoms with E-state index in [1.54, 1.807) is 12.5 Å². The highest BCUT2D eigenvalue weighted by Crippen LogP contribution is 1.81. The first-order chi connectivity index (χ1) is 9.63. The van der Waals surface area contributed by atoms with Crippen LogP contribution >= 0.6 is 0 Å². The highest BCUT2D eigenvalue weighted by atomic mass is 15.0. The Labute approximate surface area is 126 Å². The van der Waals surface area contributed by atoms with Crippen LogP contribution in [0.1, 0.15) is 48.5 Å². The van der Waals surface area contributed by atoms with E-state index in [0.29, 0.717) is 0 Å². The molecular formula is C18H34N2. The molecule has 2 heteroatoms. The van der Waals surface area contributed by atoms with Crippen molar-refractivity contribution < 1.29 is 0 Å². The second kappa shape index (κ2) is 22.6. The van der Waals surface area contributed by atoms with E-state index in [9.17, 15) is 0 Å². The Hall–Kier alpha value is -1.57. The number of imidazole rings is 1. The molecule has 2 nitrogen and oxygen atoms in total. The standard InChI is InChI=1S/C6H6.C4H6N2.C4H10.2C2H6/c1-2-4-6-5-3-1;1-6-3-2-5-4-6;1-4(2)3;2*1-2/h1-6H;2-4H,1H3;4H,1-3H3;2*1-2H3. The quantitative estimate of drug-likeness (QED) is 0.593. The van der Waals surface area contributed by atoms with Crippen LogP contribution in [0.3, 0.4) is 0 Å². The lowest BCUT2D eigenvalue weighted by Gasteiger charge is -1.79. The second-order valence-electron chi connectivity index (χ2n) is 4.11. The summed E-state index contributed by atoms with van der Waals surface area (Å²) in [5.74, 6) is 0.833. The second-order valence-corrected chi connectivity index (χ2v) is 4.11. The summed E-state index contributed by atoms with van der Waals surface area (Å²) < 4.78 is 1.89. The molecule has 0 N–H and O–H groups in total. The molecule has 2 rings (SSSR count). The van der Waals surface area contributed by atoms with Crippen molar-refractivity contribution in [2.45, 2.75) is 48.5 Å². The Morgan fingerprint density at radius 3 is 1.15 bits per heavy atom. The van der Waals surface area contributed by atoms with Gasteiger partial charge in [-0.25, -0.2) is 4.98 Å². The van der Waals surface area contributed by atoms with Gasteiger partial charge in [-0.2, -0.15) is 0 Å². The van der Waals surface area contributed by atoms with E-state index in [-0.39, 0.29) is 0 Å². The molecule has 0 spiro atoms. The molecule has 1 heterocycles. The number of aryl methyl sites for hydroxylation is 1. The van der Waals surface area contributed by atoms with E-state index in [1.807, 2.05) is 81.9 Å². The smallest absolute Gasteiger partial charge is 0.0943 e. The molecule has 0 aliphatic carbocycles. The van der Waals surface area contributed by atoms with Crippen LogP contribution in [0, 0.1) is 5.92 Å². The van der Waals surface area contributed by atoms with E-state index in [1.165, 1.54) is 0 Å². The van der Waals surface area contributed by atoms with Gasteiger partial charge in [-0.3, -0.25) is 0 Å². The van der Waals surface area contributed by atoms with Gasteiger partial charge in [0.2, 0.25) is 0 Å². The predicted octanol–water partition coefficient (Wildman–Crippen LogP) is 5.82. The zero-order chi connectivity index (χ0) is 16.2. The van der Waals surface area contributed by atoms with Crippen molar-refractivity contribution in [2.75, 3.05) is 0 Å². The largest absolute Gasteiger partial charge is 0.341 e. The molecule has 116 valence electrons. The first-order valence-corrected chi connectivity index (χ1v) is 7.55. The Balaban J connectivity index is -0.000000196. The van der Waals surface area contributed by atoms with E-state index in [2.05, 4.69) is 25.8 Å². The number of benzene rings is 1. The molecule has 0 aliphatic rings. The molecule has 0 fully saturated rings. The normalized spacial score (nSPS) is 7.45. The Morgan fingerprint density at radius 2 is 1.05 bits per heavy atom. The summed E-state index contributed by atoms with van der Waals surface area (Å²) in [5.41, 5.74) is 0. The minimum atomic E-state index is 0.833. The highest BCUT2D eigenvalue weighted by molar-refractivity contribution is 4.99. The maximum atomic E-state index is 3.78. The lowest BCUT2D eigenvalue weighted by molar-refractivity contribution is 0.737. The molecule has 1 aromatic heterocycles. The van der Waals surface area contributed by atoms with Crippen LogP contribution in [0.25, 0.3) is 0 Å². The summed E-state index contributed by atoms with van der Waals surface area (Å²) in [6, 6.07) is 12.0. The summed E-state index contributed by atoms with van der Waals surface area (Å²) in [6.07, 6.45) is 5.39. The summed E-state index contributed by atoms with van der Waals surface area (Å²) in [5, 5.41) is 0. The number of hydrogen-bond acceptors (Lipinski definition) is 1. The molecule has 1 aromatic carbocycles. The monoisotopic (exact) mass is 278 g/mol. The van der Waals surface area contributed by atoms with Crippen molar-refractivity contribution >= 4 is 0 Å². The third kappa shape index (κ3) is 29.9. The van der Waals surface area contributed by atoms with E-state index >= 15 is 0 Å². The molecule has 0 radical (unpaired) electrons. The zero-order valence-corrected chi connectivity index (χ0v) is 14.7. The summed E-state index contributed by atoms with van der Waals surface area (Å²) in [7, 11) is 1.94. The van der Waals surface area contributed by atoms with Gasteiger partial charge in [0.1, 0.15) is 0 Å². The van der Waals surface area contributed by atoms with Gasteiger partial charge in [0.05, 0.1) is 6.33 Å². The van der Waals surface area contributed by atoms with Crippen LogP contribution in [0.5, 0.6) is 0 Å². The van der Waals surface area contributed by atoms with Gasteiger partial charge >= 0.3 is 0 Å². The maximum absolute atomic E-state index is 3.78. The molecule has 0 amide bonds. The molecular weight excluding hydrogens is 244 g/mol. The van der Waals surface area contributed by atoms with Gasteiger partial charge in [-0.1, -0.05) is 84.9 Å². The molecule has 0 atom stereocenters. The van der Waals surface area contributed by atoms with Crippen LogP contribution in [0.4, 0.5) is 0 Å². The predicted molar refractivity (Wildman–Crippen MR) is 92.9 cm³/mol. The fourth-order valence-corrected chi connectivity index (χ4v) is 0.711. The average Bonchev–Trinajstić information content (AvgIpc) is 2.96. The van der Waals surface area contributed by atoms with Crippen LogP contribution in [0.15, 0.2) is 55.1 Å². The van der Waals surface area contributed by atoms with Gasteiger partial charge in [-0.15, -0.1) is 0 Å². The van der Waals surface area contributed by atoms with Crippen molar-refractivity contribution in [2.24, 2.45) is 13.0 Å². The Kier molecular flexibility index (Phi) is 26.6. The van der Waals surface area contributed by atoms with Crippen LogP contribution in [0.2, 0.25) is 0 Å². The third-order valence-electron chi connectivity index (χ3n) is 1.30. The topological polar surface area (TPSA) is 17.8 Å². The van der Waals surface area contributed by atoms with Gasteiger partial charge in [0.25, 0.3) is 0 Å². The Morgan fingerprint density at radius 1 is 0.750 bits per heavy atom. The van der Waals surface area contributed by atoms with Crippen molar-refractivity contribution in [3.63, 3.8) is 0 Å². The van der Waals surface area contributed by atoms with E-state index < -0.39 is 0 Å². The van der Waals surface area contributed by atoms with Crippen LogP contribution in [-0.4, -0.2) is 9.55 Å². The number of aromatic nitrogens is 2. The lowest BCUT2D eigenvalue weighted by Crippen LogP contribution is -1.76. The number of rotatable bonds is 0.